The van der Waals surface area contributed by atoms with Gasteiger partial charge in [-0.2, -0.15) is 0 Å². The van der Waals surface area contributed by atoms with Gasteiger partial charge < -0.3 is 20.7 Å². The fraction of sp³-hybridized carbons (Fsp3) is 0.400. The van der Waals surface area contributed by atoms with Crippen LogP contribution >= 0.6 is 0 Å². The van der Waals surface area contributed by atoms with Gasteiger partial charge in [0, 0.05) is 23.6 Å². The SMILES string of the molecule is NC1CCOc2ccc(O)c(CO)c21. The minimum absolute atomic E-state index is 0.0761. The van der Waals surface area contributed by atoms with E-state index in [0.717, 1.165) is 5.56 Å². The summed E-state index contributed by atoms with van der Waals surface area (Å²) in [7, 11) is 0. The zero-order chi connectivity index (χ0) is 10.1. The van der Waals surface area contributed by atoms with Crippen LogP contribution in [0.3, 0.4) is 0 Å². The Morgan fingerprint density at radius 1 is 1.50 bits per heavy atom. The van der Waals surface area contributed by atoms with E-state index in [1.54, 1.807) is 6.07 Å². The first kappa shape index (κ1) is 9.30. The molecule has 0 saturated carbocycles. The molecule has 4 nitrogen and oxygen atoms in total. The van der Waals surface area contributed by atoms with E-state index in [0.29, 0.717) is 24.3 Å². The normalized spacial score (nSPS) is 20.0. The number of nitrogens with two attached hydrogens (primary N) is 1. The molecule has 4 heteroatoms. The monoisotopic (exact) mass is 195 g/mol. The highest BCUT2D eigenvalue weighted by Gasteiger charge is 2.23. The summed E-state index contributed by atoms with van der Waals surface area (Å²) in [4.78, 5) is 0. The van der Waals surface area contributed by atoms with Gasteiger partial charge in [-0.3, -0.25) is 0 Å². The smallest absolute Gasteiger partial charge is 0.124 e. The largest absolute Gasteiger partial charge is 0.508 e. The average molecular weight is 195 g/mol. The van der Waals surface area contributed by atoms with E-state index in [2.05, 4.69) is 0 Å². The van der Waals surface area contributed by atoms with Crippen molar-refractivity contribution in [1.82, 2.24) is 0 Å². The fourth-order valence-electron chi connectivity index (χ4n) is 1.77. The molecule has 0 amide bonds. The van der Waals surface area contributed by atoms with Crippen LogP contribution in [-0.4, -0.2) is 16.8 Å². The summed E-state index contributed by atoms with van der Waals surface area (Å²) in [5, 5.41) is 18.6. The molecule has 0 spiro atoms. The van der Waals surface area contributed by atoms with Crippen LogP contribution in [0.15, 0.2) is 12.1 Å². The molecule has 0 aromatic heterocycles. The molecule has 0 fully saturated rings. The lowest BCUT2D eigenvalue weighted by Crippen LogP contribution is -2.22. The highest BCUT2D eigenvalue weighted by molar-refractivity contribution is 5.50. The van der Waals surface area contributed by atoms with Crippen LogP contribution in [-0.2, 0) is 6.61 Å². The van der Waals surface area contributed by atoms with Crippen molar-refractivity contribution in [2.45, 2.75) is 19.1 Å². The molecule has 14 heavy (non-hydrogen) atoms. The molecule has 0 bridgehead atoms. The van der Waals surface area contributed by atoms with E-state index in [1.807, 2.05) is 0 Å². The van der Waals surface area contributed by atoms with Crippen LogP contribution in [0.25, 0.3) is 0 Å². The molecule has 76 valence electrons. The van der Waals surface area contributed by atoms with Crippen LogP contribution < -0.4 is 10.5 Å². The predicted molar refractivity (Wildman–Crippen MR) is 51.1 cm³/mol. The van der Waals surface area contributed by atoms with Crippen LogP contribution in [0, 0.1) is 0 Å². The van der Waals surface area contributed by atoms with Gasteiger partial charge in [0.05, 0.1) is 13.2 Å². The topological polar surface area (TPSA) is 75.7 Å². The summed E-state index contributed by atoms with van der Waals surface area (Å²) in [6.07, 6.45) is 0.712. The van der Waals surface area contributed by atoms with Crippen molar-refractivity contribution in [2.75, 3.05) is 6.61 Å². The van der Waals surface area contributed by atoms with Crippen molar-refractivity contribution in [2.24, 2.45) is 5.73 Å². The Morgan fingerprint density at radius 3 is 3.00 bits per heavy atom. The minimum atomic E-state index is -0.216. The third-order valence-corrected chi connectivity index (χ3v) is 2.51. The number of benzene rings is 1. The molecule has 4 N–H and O–H groups in total. The van der Waals surface area contributed by atoms with Gasteiger partial charge in [-0.25, -0.2) is 0 Å². The molecule has 1 aliphatic rings. The van der Waals surface area contributed by atoms with Crippen molar-refractivity contribution >= 4 is 0 Å². The molecule has 1 unspecified atom stereocenters. The number of hydrogen-bond acceptors (Lipinski definition) is 4. The number of phenols is 1. The van der Waals surface area contributed by atoms with Gasteiger partial charge in [-0.1, -0.05) is 0 Å². The first-order valence-electron chi connectivity index (χ1n) is 4.58. The third kappa shape index (κ3) is 1.32. The molecule has 1 aliphatic heterocycles. The lowest BCUT2D eigenvalue weighted by Gasteiger charge is -2.25. The van der Waals surface area contributed by atoms with E-state index in [4.69, 9.17) is 15.6 Å². The first-order chi connectivity index (χ1) is 6.74. The molecule has 2 rings (SSSR count). The summed E-state index contributed by atoms with van der Waals surface area (Å²) in [6.45, 7) is 0.371. The molecule has 1 atom stereocenters. The molecule has 1 aromatic rings. The molecule has 1 heterocycles. The van der Waals surface area contributed by atoms with Gasteiger partial charge in [0.25, 0.3) is 0 Å². The second-order valence-electron chi connectivity index (χ2n) is 3.38. The van der Waals surface area contributed by atoms with Crippen LogP contribution in [0.4, 0.5) is 0 Å². The number of aliphatic hydroxyl groups excluding tert-OH is 1. The van der Waals surface area contributed by atoms with Crippen LogP contribution in [0.2, 0.25) is 0 Å². The maximum absolute atomic E-state index is 9.51. The fourth-order valence-corrected chi connectivity index (χ4v) is 1.77. The van der Waals surface area contributed by atoms with Crippen LogP contribution in [0.1, 0.15) is 23.6 Å². The number of ether oxygens (including phenoxy) is 1. The number of hydrogen-bond donors (Lipinski definition) is 3. The molecule has 0 radical (unpaired) electrons. The molecule has 0 aliphatic carbocycles. The Balaban J connectivity index is 2.57. The van der Waals surface area contributed by atoms with Gasteiger partial charge in [-0.15, -0.1) is 0 Å². The van der Waals surface area contributed by atoms with E-state index in [9.17, 15) is 5.11 Å². The second-order valence-corrected chi connectivity index (χ2v) is 3.38. The van der Waals surface area contributed by atoms with Crippen molar-refractivity contribution < 1.29 is 14.9 Å². The molecule has 0 saturated heterocycles. The summed E-state index contributed by atoms with van der Waals surface area (Å²) in [5.74, 6) is 0.748. The van der Waals surface area contributed by atoms with Crippen molar-refractivity contribution in [3.05, 3.63) is 23.3 Å². The lowest BCUT2D eigenvalue weighted by atomic mass is 9.95. The van der Waals surface area contributed by atoms with Gasteiger partial charge in [0.15, 0.2) is 0 Å². The minimum Gasteiger partial charge on any atom is -0.508 e. The maximum Gasteiger partial charge on any atom is 0.124 e. The molecular weight excluding hydrogens is 182 g/mol. The Hall–Kier alpha value is -1.26. The molecule has 1 aromatic carbocycles. The number of rotatable bonds is 1. The van der Waals surface area contributed by atoms with E-state index in [-0.39, 0.29) is 18.4 Å². The zero-order valence-corrected chi connectivity index (χ0v) is 7.73. The summed E-state index contributed by atoms with van der Waals surface area (Å²) < 4.78 is 5.39. The summed E-state index contributed by atoms with van der Waals surface area (Å²) >= 11 is 0. The second kappa shape index (κ2) is 3.48. The highest BCUT2D eigenvalue weighted by atomic mass is 16.5. The lowest BCUT2D eigenvalue weighted by molar-refractivity contribution is 0.249. The highest BCUT2D eigenvalue weighted by Crippen LogP contribution is 2.37. The van der Waals surface area contributed by atoms with Crippen molar-refractivity contribution in [3.8, 4) is 11.5 Å². The van der Waals surface area contributed by atoms with Crippen molar-refractivity contribution in [3.63, 3.8) is 0 Å². The van der Waals surface area contributed by atoms with E-state index >= 15 is 0 Å². The third-order valence-electron chi connectivity index (χ3n) is 2.51. The van der Waals surface area contributed by atoms with E-state index in [1.165, 1.54) is 6.07 Å². The molecular formula is C10H13NO3. The Labute approximate surface area is 81.9 Å². The zero-order valence-electron chi connectivity index (χ0n) is 7.73. The number of aromatic hydroxyl groups is 1. The van der Waals surface area contributed by atoms with E-state index < -0.39 is 0 Å². The average Bonchev–Trinajstić information content (AvgIpc) is 2.19. The number of fused-ring (bicyclic) bond motifs is 1. The van der Waals surface area contributed by atoms with Gasteiger partial charge >= 0.3 is 0 Å². The van der Waals surface area contributed by atoms with Gasteiger partial charge in [0.1, 0.15) is 11.5 Å². The maximum atomic E-state index is 9.51. The summed E-state index contributed by atoms with van der Waals surface area (Å²) in [5.41, 5.74) is 7.11. The quantitative estimate of drug-likeness (QED) is 0.615. The Morgan fingerprint density at radius 2 is 2.29 bits per heavy atom. The van der Waals surface area contributed by atoms with Gasteiger partial charge in [0.2, 0.25) is 0 Å². The Kier molecular flexibility index (Phi) is 2.31. The Bertz CT molecular complexity index is 351. The van der Waals surface area contributed by atoms with Crippen molar-refractivity contribution in [1.29, 1.82) is 0 Å². The van der Waals surface area contributed by atoms with Crippen LogP contribution in [0.5, 0.6) is 11.5 Å². The van der Waals surface area contributed by atoms with Gasteiger partial charge in [-0.05, 0) is 12.1 Å². The predicted octanol–water partition coefficient (Wildman–Crippen LogP) is 0.667. The number of aliphatic hydroxyl groups is 1. The summed E-state index contributed by atoms with van der Waals surface area (Å²) in [6, 6.07) is 3.04. The standard InChI is InChI=1S/C10H13NO3/c11-7-3-4-14-9-2-1-8(13)6(5-12)10(7)9/h1-2,7,12-13H,3-5,11H2. The first-order valence-corrected chi connectivity index (χ1v) is 4.58.